The van der Waals surface area contributed by atoms with Gasteiger partial charge in [0.2, 0.25) is 5.91 Å². The number of rotatable bonds is 8. The van der Waals surface area contributed by atoms with Crippen LogP contribution in [0.4, 0.5) is 0 Å². The van der Waals surface area contributed by atoms with Crippen LogP contribution in [0.25, 0.3) is 11.0 Å². The maximum atomic E-state index is 12.8. The summed E-state index contributed by atoms with van der Waals surface area (Å²) in [7, 11) is 0. The molecule has 9 heteroatoms. The van der Waals surface area contributed by atoms with E-state index in [1.54, 1.807) is 4.57 Å². The third-order valence-corrected chi connectivity index (χ3v) is 3.96. The van der Waals surface area contributed by atoms with Crippen molar-refractivity contribution in [2.75, 3.05) is 6.61 Å². The maximum absolute atomic E-state index is 12.8. The number of benzene rings is 1. The number of carbonyl (C=O) groups excluding carboxylic acids is 3. The number of para-hydroxylation sites is 2. The van der Waals surface area contributed by atoms with Gasteiger partial charge in [-0.05, 0) is 18.6 Å². The molecule has 0 aliphatic carbocycles. The molecule has 0 aliphatic rings. The smallest absolute Gasteiger partial charge is 0.306 e. The zero-order valence-electron chi connectivity index (χ0n) is 16.0. The molecule has 9 nitrogen and oxygen atoms in total. The second-order valence-electron chi connectivity index (χ2n) is 6.25. The molecule has 0 spiro atoms. The van der Waals surface area contributed by atoms with Crippen molar-refractivity contribution >= 4 is 28.8 Å². The van der Waals surface area contributed by atoms with E-state index in [2.05, 4.69) is 15.8 Å². The molecule has 1 heterocycles. The summed E-state index contributed by atoms with van der Waals surface area (Å²) in [5.74, 6) is -1.73. The predicted molar refractivity (Wildman–Crippen MR) is 102 cm³/mol. The summed E-state index contributed by atoms with van der Waals surface area (Å²) in [5.41, 5.74) is 5.70. The van der Waals surface area contributed by atoms with Crippen molar-refractivity contribution in [3.8, 4) is 0 Å². The van der Waals surface area contributed by atoms with Gasteiger partial charge in [0, 0.05) is 19.9 Å². The van der Waals surface area contributed by atoms with E-state index in [0.29, 0.717) is 12.1 Å². The summed E-state index contributed by atoms with van der Waals surface area (Å²) < 4.78 is 6.53. The summed E-state index contributed by atoms with van der Waals surface area (Å²) in [4.78, 5) is 51.1. The van der Waals surface area contributed by atoms with E-state index in [0.717, 1.165) is 18.4 Å². The van der Waals surface area contributed by atoms with Gasteiger partial charge in [-0.2, -0.15) is 0 Å². The van der Waals surface area contributed by atoms with E-state index in [-0.39, 0.29) is 24.1 Å². The zero-order chi connectivity index (χ0) is 20.5. The van der Waals surface area contributed by atoms with E-state index in [9.17, 15) is 19.2 Å². The van der Waals surface area contributed by atoms with E-state index in [1.165, 1.54) is 6.92 Å². The number of unbranched alkanes of at least 4 members (excludes halogenated alkanes) is 1. The minimum atomic E-state index is -0.658. The molecule has 1 aromatic heterocycles. The van der Waals surface area contributed by atoms with Crippen molar-refractivity contribution in [2.45, 2.75) is 46.1 Å². The number of ether oxygens (including phenoxy) is 1. The third-order valence-electron chi connectivity index (χ3n) is 3.96. The Labute approximate surface area is 162 Å². The van der Waals surface area contributed by atoms with Crippen molar-refractivity contribution < 1.29 is 19.1 Å². The van der Waals surface area contributed by atoms with Gasteiger partial charge in [-0.1, -0.05) is 25.5 Å². The van der Waals surface area contributed by atoms with Gasteiger partial charge < -0.3 is 9.30 Å². The number of aromatic nitrogens is 2. The SMILES string of the molecule is CCCCn1c(=O)c(CCC(=O)OCC(=O)NNC(C)=O)nc2ccccc21. The average Bonchev–Trinajstić information content (AvgIpc) is 2.68. The number of aryl methyl sites for hydroxylation is 2. The summed E-state index contributed by atoms with van der Waals surface area (Å²) in [6.45, 7) is 3.34. The van der Waals surface area contributed by atoms with Crippen LogP contribution in [0.3, 0.4) is 0 Å². The highest BCUT2D eigenvalue weighted by molar-refractivity contribution is 5.83. The highest BCUT2D eigenvalue weighted by atomic mass is 16.5. The molecule has 0 radical (unpaired) electrons. The molecule has 0 unspecified atom stereocenters. The second-order valence-corrected chi connectivity index (χ2v) is 6.25. The van der Waals surface area contributed by atoms with Crippen molar-refractivity contribution in [3.63, 3.8) is 0 Å². The Morgan fingerprint density at radius 2 is 1.93 bits per heavy atom. The standard InChI is InChI=1S/C19H24N4O5/c1-3-4-11-23-16-8-6-5-7-14(16)20-15(19(23)27)9-10-18(26)28-12-17(25)22-21-13(2)24/h5-8H,3-4,9-12H2,1-2H3,(H,21,24)(H,22,25). The Morgan fingerprint density at radius 3 is 2.64 bits per heavy atom. The Hall–Kier alpha value is -3.23. The van der Waals surface area contributed by atoms with E-state index in [4.69, 9.17) is 4.74 Å². The molecule has 0 saturated carbocycles. The van der Waals surface area contributed by atoms with Crippen LogP contribution in [0.15, 0.2) is 29.1 Å². The van der Waals surface area contributed by atoms with E-state index >= 15 is 0 Å². The number of amides is 2. The number of hydrogen-bond donors (Lipinski definition) is 2. The molecule has 0 aliphatic heterocycles. The summed E-state index contributed by atoms with van der Waals surface area (Å²) in [5, 5.41) is 0. The molecule has 2 aromatic rings. The number of hydrogen-bond acceptors (Lipinski definition) is 6. The lowest BCUT2D eigenvalue weighted by Gasteiger charge is -2.12. The number of nitrogens with zero attached hydrogens (tertiary/aromatic N) is 2. The number of fused-ring (bicyclic) bond motifs is 1. The Kier molecular flexibility index (Phi) is 7.67. The molecule has 0 atom stereocenters. The molecular formula is C19H24N4O5. The Bertz CT molecular complexity index is 922. The predicted octanol–water partition coefficient (Wildman–Crippen LogP) is 0.840. The van der Waals surface area contributed by atoms with Gasteiger partial charge in [-0.3, -0.25) is 30.0 Å². The molecule has 2 amide bonds. The number of esters is 1. The van der Waals surface area contributed by atoms with Crippen LogP contribution in [0.2, 0.25) is 0 Å². The molecule has 0 fully saturated rings. The van der Waals surface area contributed by atoms with E-state index in [1.807, 2.05) is 31.2 Å². The Balaban J connectivity index is 2.02. The molecule has 28 heavy (non-hydrogen) atoms. The first kappa shape index (κ1) is 21.1. The molecule has 150 valence electrons. The van der Waals surface area contributed by atoms with Gasteiger partial charge in [0.25, 0.3) is 11.5 Å². The van der Waals surface area contributed by atoms with Crippen LogP contribution in [0.1, 0.15) is 38.8 Å². The molecule has 2 N–H and O–H groups in total. The van der Waals surface area contributed by atoms with Gasteiger partial charge in [0.05, 0.1) is 17.5 Å². The van der Waals surface area contributed by atoms with Crippen molar-refractivity contribution in [3.05, 3.63) is 40.3 Å². The van der Waals surface area contributed by atoms with Crippen LogP contribution in [0, 0.1) is 0 Å². The summed E-state index contributed by atoms with van der Waals surface area (Å²) in [6.07, 6.45) is 1.84. The molecular weight excluding hydrogens is 364 g/mol. The topological polar surface area (TPSA) is 119 Å². The minimum absolute atomic E-state index is 0.0816. The van der Waals surface area contributed by atoms with Crippen LogP contribution in [-0.4, -0.2) is 33.9 Å². The fraction of sp³-hybridized carbons (Fsp3) is 0.421. The molecule has 0 saturated heterocycles. The second kappa shape index (κ2) is 10.2. The molecule has 2 rings (SSSR count). The normalized spacial score (nSPS) is 10.5. The van der Waals surface area contributed by atoms with Gasteiger partial charge in [0.1, 0.15) is 5.69 Å². The summed E-state index contributed by atoms with van der Waals surface area (Å²) >= 11 is 0. The molecule has 1 aromatic carbocycles. The lowest BCUT2D eigenvalue weighted by atomic mass is 10.2. The highest BCUT2D eigenvalue weighted by Gasteiger charge is 2.14. The van der Waals surface area contributed by atoms with Crippen molar-refractivity contribution in [1.82, 2.24) is 20.4 Å². The van der Waals surface area contributed by atoms with Crippen LogP contribution >= 0.6 is 0 Å². The van der Waals surface area contributed by atoms with Gasteiger partial charge >= 0.3 is 5.97 Å². The van der Waals surface area contributed by atoms with Gasteiger partial charge in [0.15, 0.2) is 6.61 Å². The van der Waals surface area contributed by atoms with Gasteiger partial charge in [-0.25, -0.2) is 4.98 Å². The van der Waals surface area contributed by atoms with Crippen LogP contribution in [-0.2, 0) is 32.1 Å². The molecule has 0 bridgehead atoms. The summed E-state index contributed by atoms with van der Waals surface area (Å²) in [6, 6.07) is 7.38. The first-order valence-corrected chi connectivity index (χ1v) is 9.12. The number of nitrogens with one attached hydrogen (secondary N) is 2. The lowest BCUT2D eigenvalue weighted by molar-refractivity contribution is -0.149. The van der Waals surface area contributed by atoms with Crippen molar-refractivity contribution in [1.29, 1.82) is 0 Å². The quantitative estimate of drug-likeness (QED) is 0.511. The monoisotopic (exact) mass is 388 g/mol. The lowest BCUT2D eigenvalue weighted by Crippen LogP contribution is -2.42. The van der Waals surface area contributed by atoms with E-state index < -0.39 is 24.4 Å². The fourth-order valence-corrected chi connectivity index (χ4v) is 2.58. The third kappa shape index (κ3) is 5.90. The largest absolute Gasteiger partial charge is 0.455 e. The van der Waals surface area contributed by atoms with Crippen molar-refractivity contribution in [2.24, 2.45) is 0 Å². The number of hydrazine groups is 1. The zero-order valence-corrected chi connectivity index (χ0v) is 16.0. The maximum Gasteiger partial charge on any atom is 0.306 e. The van der Waals surface area contributed by atoms with Crippen LogP contribution < -0.4 is 16.4 Å². The fourth-order valence-electron chi connectivity index (χ4n) is 2.58. The minimum Gasteiger partial charge on any atom is -0.455 e. The van der Waals surface area contributed by atoms with Crippen LogP contribution in [0.5, 0.6) is 0 Å². The highest BCUT2D eigenvalue weighted by Crippen LogP contribution is 2.12. The first-order valence-electron chi connectivity index (χ1n) is 9.12. The number of carbonyl (C=O) groups is 3. The van der Waals surface area contributed by atoms with Gasteiger partial charge in [-0.15, -0.1) is 0 Å². The first-order chi connectivity index (χ1) is 13.4. The Morgan fingerprint density at radius 1 is 1.18 bits per heavy atom. The average molecular weight is 388 g/mol.